The fourth-order valence-corrected chi connectivity index (χ4v) is 3.94. The number of nitrogens with one attached hydrogen (secondary N) is 1. The molecule has 4 aromatic rings. The minimum absolute atomic E-state index is 0.0483. The molecule has 4 rings (SSSR count). The van der Waals surface area contributed by atoms with Crippen LogP contribution in [0.5, 0.6) is 0 Å². The Kier molecular flexibility index (Phi) is 6.43. The van der Waals surface area contributed by atoms with Crippen molar-refractivity contribution in [1.29, 1.82) is 0 Å². The standard InChI is InChI=1S/C24H23N5OS/c1-17-9-11-19(12-10-17)14-26-22(30)16-31-24-28-27-23(20-7-5-13-25-15-20)29(24)21-8-4-3-6-18(21)2/h3-13,15H,14,16H2,1-2H3,(H,26,30). The second-order valence-electron chi connectivity index (χ2n) is 7.22. The van der Waals surface area contributed by atoms with Crippen LogP contribution in [0.2, 0.25) is 0 Å². The van der Waals surface area contributed by atoms with Crippen molar-refractivity contribution in [1.82, 2.24) is 25.1 Å². The molecule has 2 aromatic carbocycles. The fraction of sp³-hybridized carbons (Fsp3) is 0.167. The lowest BCUT2D eigenvalue weighted by Crippen LogP contribution is -2.24. The van der Waals surface area contributed by atoms with Crippen LogP contribution >= 0.6 is 11.8 Å². The molecule has 0 aliphatic carbocycles. The lowest BCUT2D eigenvalue weighted by atomic mass is 10.1. The number of rotatable bonds is 7. The van der Waals surface area contributed by atoms with Gasteiger partial charge in [-0.3, -0.25) is 14.3 Å². The third kappa shape index (κ3) is 5.00. The van der Waals surface area contributed by atoms with Gasteiger partial charge in [-0.1, -0.05) is 59.8 Å². The summed E-state index contributed by atoms with van der Waals surface area (Å²) in [7, 11) is 0. The first-order chi connectivity index (χ1) is 15.1. The average molecular weight is 430 g/mol. The summed E-state index contributed by atoms with van der Waals surface area (Å²) >= 11 is 1.37. The van der Waals surface area contributed by atoms with Crippen LogP contribution < -0.4 is 5.32 Å². The Balaban J connectivity index is 1.53. The van der Waals surface area contributed by atoms with E-state index in [1.807, 2.05) is 79.1 Å². The first-order valence-electron chi connectivity index (χ1n) is 9.98. The molecule has 1 amide bonds. The second kappa shape index (κ2) is 9.57. The molecule has 0 atom stereocenters. The lowest BCUT2D eigenvalue weighted by molar-refractivity contribution is -0.118. The SMILES string of the molecule is Cc1ccc(CNC(=O)CSc2nnc(-c3cccnc3)n2-c2ccccc2C)cc1. The van der Waals surface area contributed by atoms with Crippen LogP contribution in [0.25, 0.3) is 17.1 Å². The van der Waals surface area contributed by atoms with Gasteiger partial charge in [-0.15, -0.1) is 10.2 Å². The zero-order chi connectivity index (χ0) is 21.6. The summed E-state index contributed by atoms with van der Waals surface area (Å²) in [4.78, 5) is 16.7. The summed E-state index contributed by atoms with van der Waals surface area (Å²) in [5.41, 5.74) is 5.22. The van der Waals surface area contributed by atoms with E-state index in [1.54, 1.807) is 12.4 Å². The minimum Gasteiger partial charge on any atom is -0.351 e. The van der Waals surface area contributed by atoms with Crippen molar-refractivity contribution in [2.24, 2.45) is 0 Å². The van der Waals surface area contributed by atoms with Crippen molar-refractivity contribution in [3.63, 3.8) is 0 Å². The third-order valence-corrected chi connectivity index (χ3v) is 5.78. The number of amides is 1. The number of benzene rings is 2. The monoisotopic (exact) mass is 429 g/mol. The van der Waals surface area contributed by atoms with Crippen LogP contribution in [0.15, 0.2) is 78.2 Å². The molecule has 0 radical (unpaired) electrons. The van der Waals surface area contributed by atoms with Crippen molar-refractivity contribution >= 4 is 17.7 Å². The zero-order valence-corrected chi connectivity index (χ0v) is 18.3. The summed E-state index contributed by atoms with van der Waals surface area (Å²) in [5, 5.41) is 12.4. The average Bonchev–Trinajstić information content (AvgIpc) is 3.22. The maximum absolute atomic E-state index is 12.4. The molecule has 0 aliphatic heterocycles. The number of thioether (sulfide) groups is 1. The normalized spacial score (nSPS) is 10.8. The van der Waals surface area contributed by atoms with E-state index in [2.05, 4.69) is 20.5 Å². The topological polar surface area (TPSA) is 72.7 Å². The van der Waals surface area contributed by atoms with Crippen molar-refractivity contribution in [2.75, 3.05) is 5.75 Å². The van der Waals surface area contributed by atoms with E-state index in [-0.39, 0.29) is 11.7 Å². The Labute approximate surface area is 185 Å². The molecule has 31 heavy (non-hydrogen) atoms. The predicted molar refractivity (Wildman–Crippen MR) is 123 cm³/mol. The first-order valence-corrected chi connectivity index (χ1v) is 11.0. The molecule has 2 heterocycles. The van der Waals surface area contributed by atoms with E-state index < -0.39 is 0 Å². The molecule has 6 nitrogen and oxygen atoms in total. The van der Waals surface area contributed by atoms with E-state index in [9.17, 15) is 4.79 Å². The van der Waals surface area contributed by atoms with Crippen LogP contribution in [0.4, 0.5) is 0 Å². The van der Waals surface area contributed by atoms with Crippen LogP contribution in [0.1, 0.15) is 16.7 Å². The molecule has 0 unspecified atom stereocenters. The maximum atomic E-state index is 12.4. The van der Waals surface area contributed by atoms with E-state index >= 15 is 0 Å². The van der Waals surface area contributed by atoms with Crippen molar-refractivity contribution < 1.29 is 4.79 Å². The number of pyridine rings is 1. The van der Waals surface area contributed by atoms with Gasteiger partial charge in [0.15, 0.2) is 11.0 Å². The molecule has 0 saturated carbocycles. The Morgan fingerprint density at radius 2 is 1.81 bits per heavy atom. The van der Waals surface area contributed by atoms with Crippen LogP contribution in [0.3, 0.4) is 0 Å². The summed E-state index contributed by atoms with van der Waals surface area (Å²) < 4.78 is 1.99. The Bertz CT molecular complexity index is 1170. The molecule has 156 valence electrons. The number of para-hydroxylation sites is 1. The number of aromatic nitrogens is 4. The molecule has 0 bridgehead atoms. The van der Waals surface area contributed by atoms with E-state index in [0.717, 1.165) is 22.4 Å². The summed E-state index contributed by atoms with van der Waals surface area (Å²) in [6.07, 6.45) is 3.49. The minimum atomic E-state index is -0.0483. The summed E-state index contributed by atoms with van der Waals surface area (Å²) in [5.74, 6) is 0.904. The molecular formula is C24H23N5OS. The molecule has 0 fully saturated rings. The Hall–Kier alpha value is -3.45. The molecule has 0 saturated heterocycles. The predicted octanol–water partition coefficient (Wildman–Crippen LogP) is 4.35. The molecule has 1 N–H and O–H groups in total. The number of hydrogen-bond donors (Lipinski definition) is 1. The van der Waals surface area contributed by atoms with Gasteiger partial charge in [-0.2, -0.15) is 0 Å². The Morgan fingerprint density at radius 3 is 2.55 bits per heavy atom. The van der Waals surface area contributed by atoms with E-state index in [0.29, 0.717) is 17.5 Å². The van der Waals surface area contributed by atoms with Crippen LogP contribution in [-0.4, -0.2) is 31.4 Å². The van der Waals surface area contributed by atoms with Crippen LogP contribution in [-0.2, 0) is 11.3 Å². The van der Waals surface area contributed by atoms with E-state index in [4.69, 9.17) is 0 Å². The quantitative estimate of drug-likeness (QED) is 0.442. The number of carbonyl (C=O) groups excluding carboxylic acids is 1. The number of nitrogens with zero attached hydrogens (tertiary/aromatic N) is 4. The fourth-order valence-electron chi connectivity index (χ4n) is 3.16. The van der Waals surface area contributed by atoms with Gasteiger partial charge < -0.3 is 5.32 Å². The summed E-state index contributed by atoms with van der Waals surface area (Å²) in [6, 6.07) is 20.0. The lowest BCUT2D eigenvalue weighted by Gasteiger charge is -2.12. The van der Waals surface area contributed by atoms with Crippen molar-refractivity contribution in [3.05, 3.63) is 89.7 Å². The molecule has 0 spiro atoms. The van der Waals surface area contributed by atoms with Gasteiger partial charge in [0.25, 0.3) is 0 Å². The van der Waals surface area contributed by atoms with E-state index in [1.165, 1.54) is 17.3 Å². The van der Waals surface area contributed by atoms with Crippen molar-refractivity contribution in [3.8, 4) is 17.1 Å². The van der Waals surface area contributed by atoms with Gasteiger partial charge in [0.2, 0.25) is 5.91 Å². The van der Waals surface area contributed by atoms with Gasteiger partial charge >= 0.3 is 0 Å². The number of hydrogen-bond acceptors (Lipinski definition) is 5. The number of carbonyl (C=O) groups is 1. The first kappa shape index (κ1) is 20.8. The smallest absolute Gasteiger partial charge is 0.230 e. The second-order valence-corrected chi connectivity index (χ2v) is 8.16. The zero-order valence-electron chi connectivity index (χ0n) is 17.4. The van der Waals surface area contributed by atoms with Crippen LogP contribution in [0, 0.1) is 13.8 Å². The number of aryl methyl sites for hydroxylation is 2. The van der Waals surface area contributed by atoms with Gasteiger partial charge in [0.1, 0.15) is 0 Å². The molecule has 2 aromatic heterocycles. The maximum Gasteiger partial charge on any atom is 0.230 e. The highest BCUT2D eigenvalue weighted by atomic mass is 32.2. The molecular weight excluding hydrogens is 406 g/mol. The highest BCUT2D eigenvalue weighted by molar-refractivity contribution is 7.99. The van der Waals surface area contributed by atoms with Gasteiger partial charge in [-0.05, 0) is 43.2 Å². The largest absolute Gasteiger partial charge is 0.351 e. The van der Waals surface area contributed by atoms with Gasteiger partial charge in [0.05, 0.1) is 11.4 Å². The molecule has 0 aliphatic rings. The molecule has 7 heteroatoms. The Morgan fingerprint density at radius 1 is 1.00 bits per heavy atom. The van der Waals surface area contributed by atoms with Gasteiger partial charge in [0, 0.05) is 24.5 Å². The van der Waals surface area contributed by atoms with Gasteiger partial charge in [-0.25, -0.2) is 0 Å². The van der Waals surface area contributed by atoms with Crippen molar-refractivity contribution in [2.45, 2.75) is 25.5 Å². The highest BCUT2D eigenvalue weighted by Crippen LogP contribution is 2.29. The highest BCUT2D eigenvalue weighted by Gasteiger charge is 2.18. The summed E-state index contributed by atoms with van der Waals surface area (Å²) in [6.45, 7) is 4.60. The third-order valence-electron chi connectivity index (χ3n) is 4.85.